The summed E-state index contributed by atoms with van der Waals surface area (Å²) in [5.74, 6) is -1.02. The van der Waals surface area contributed by atoms with Crippen LogP contribution in [-0.4, -0.2) is 40.0 Å². The molecule has 0 saturated carbocycles. The molecule has 2 aromatic rings. The highest BCUT2D eigenvalue weighted by Gasteiger charge is 2.29. The van der Waals surface area contributed by atoms with Crippen molar-refractivity contribution in [2.24, 2.45) is 0 Å². The maximum absolute atomic E-state index is 13.2. The molecular weight excluding hydrogens is 452 g/mol. The summed E-state index contributed by atoms with van der Waals surface area (Å²) in [7, 11) is -3.75. The number of anilines is 1. The van der Waals surface area contributed by atoms with Crippen LogP contribution >= 0.6 is 0 Å². The van der Waals surface area contributed by atoms with E-state index in [1.165, 1.54) is 47.0 Å². The zero-order valence-corrected chi connectivity index (χ0v) is 20.0. The van der Waals surface area contributed by atoms with E-state index in [9.17, 15) is 18.0 Å². The van der Waals surface area contributed by atoms with Gasteiger partial charge < -0.3 is 10.1 Å². The van der Waals surface area contributed by atoms with E-state index in [1.54, 1.807) is 0 Å². The average molecular weight is 483 g/mol. The van der Waals surface area contributed by atoms with Gasteiger partial charge in [-0.2, -0.15) is 0 Å². The third-order valence-electron chi connectivity index (χ3n) is 6.23. The summed E-state index contributed by atoms with van der Waals surface area (Å²) in [5, 5.41) is 2.77. The van der Waals surface area contributed by atoms with Gasteiger partial charge in [0.1, 0.15) is 0 Å². The molecule has 34 heavy (non-hydrogen) atoms. The third kappa shape index (κ3) is 5.67. The monoisotopic (exact) mass is 482 g/mol. The summed E-state index contributed by atoms with van der Waals surface area (Å²) < 4.78 is 32.9. The number of nitrogens with one attached hydrogen (secondary N) is 1. The van der Waals surface area contributed by atoms with Gasteiger partial charge in [-0.1, -0.05) is 29.8 Å². The summed E-state index contributed by atoms with van der Waals surface area (Å²) in [5.41, 5.74) is 3.26. The van der Waals surface area contributed by atoms with Crippen LogP contribution in [0.3, 0.4) is 0 Å². The topological polar surface area (TPSA) is 92.8 Å². The molecule has 2 aliphatic rings. The van der Waals surface area contributed by atoms with E-state index in [2.05, 4.69) is 11.4 Å². The van der Waals surface area contributed by atoms with E-state index in [1.807, 2.05) is 24.3 Å². The summed E-state index contributed by atoms with van der Waals surface area (Å²) in [6, 6.07) is 13.1. The minimum absolute atomic E-state index is 0.107. The molecule has 0 spiro atoms. The number of esters is 1. The molecule has 1 heterocycles. The zero-order valence-electron chi connectivity index (χ0n) is 19.2. The molecule has 1 aliphatic carbocycles. The van der Waals surface area contributed by atoms with Gasteiger partial charge in [-0.05, 0) is 80.8 Å². The Balaban J connectivity index is 1.31. The van der Waals surface area contributed by atoms with Crippen LogP contribution in [0.2, 0.25) is 0 Å². The zero-order chi connectivity index (χ0) is 24.0. The smallest absolute Gasteiger partial charge is 0.338 e. The van der Waals surface area contributed by atoms with Crippen LogP contribution in [0.4, 0.5) is 5.69 Å². The van der Waals surface area contributed by atoms with Gasteiger partial charge >= 0.3 is 5.97 Å². The van der Waals surface area contributed by atoms with Crippen LogP contribution in [0.15, 0.2) is 65.1 Å². The van der Waals surface area contributed by atoms with Crippen LogP contribution in [0.1, 0.15) is 54.4 Å². The highest BCUT2D eigenvalue weighted by molar-refractivity contribution is 7.92. The maximum atomic E-state index is 13.2. The number of para-hydroxylation sites is 1. The first kappa shape index (κ1) is 24.0. The van der Waals surface area contributed by atoms with Crippen molar-refractivity contribution in [3.63, 3.8) is 0 Å². The van der Waals surface area contributed by atoms with Crippen LogP contribution in [0.25, 0.3) is 0 Å². The molecule has 2 aromatic carbocycles. The second-order valence-electron chi connectivity index (χ2n) is 8.62. The van der Waals surface area contributed by atoms with E-state index >= 15 is 0 Å². The molecular formula is C26H30N2O5S. The second kappa shape index (κ2) is 10.9. The molecule has 0 saturated heterocycles. The fourth-order valence-corrected chi connectivity index (χ4v) is 5.94. The lowest BCUT2D eigenvalue weighted by Crippen LogP contribution is -2.35. The normalized spacial score (nSPS) is 15.8. The third-order valence-corrected chi connectivity index (χ3v) is 8.06. The van der Waals surface area contributed by atoms with Gasteiger partial charge in [0, 0.05) is 13.1 Å². The summed E-state index contributed by atoms with van der Waals surface area (Å²) >= 11 is 0. The van der Waals surface area contributed by atoms with Gasteiger partial charge in [0.05, 0.1) is 16.1 Å². The largest absolute Gasteiger partial charge is 0.452 e. The van der Waals surface area contributed by atoms with Crippen molar-refractivity contribution in [3.8, 4) is 0 Å². The Morgan fingerprint density at radius 3 is 2.53 bits per heavy atom. The van der Waals surface area contributed by atoms with Gasteiger partial charge in [-0.25, -0.2) is 13.2 Å². The van der Waals surface area contributed by atoms with Crippen LogP contribution < -0.4 is 9.62 Å². The number of benzene rings is 2. The number of rotatable bonds is 8. The Bertz CT molecular complexity index is 1170. The minimum atomic E-state index is -3.75. The molecule has 0 bridgehead atoms. The number of sulfonamides is 1. The number of hydrogen-bond donors (Lipinski definition) is 1. The Morgan fingerprint density at radius 1 is 0.971 bits per heavy atom. The lowest BCUT2D eigenvalue weighted by atomic mass is 9.97. The fourth-order valence-electron chi connectivity index (χ4n) is 4.40. The highest BCUT2D eigenvalue weighted by atomic mass is 32.2. The van der Waals surface area contributed by atoms with Crippen molar-refractivity contribution in [3.05, 3.63) is 71.3 Å². The number of hydrogen-bond acceptors (Lipinski definition) is 5. The first-order valence-electron chi connectivity index (χ1n) is 11.8. The molecule has 0 radical (unpaired) electrons. The number of allylic oxidation sites excluding steroid dienone is 1. The van der Waals surface area contributed by atoms with Crippen molar-refractivity contribution in [1.29, 1.82) is 0 Å². The summed E-state index contributed by atoms with van der Waals surface area (Å²) in [6.45, 7) is 0.562. The van der Waals surface area contributed by atoms with Crippen molar-refractivity contribution in [1.82, 2.24) is 5.32 Å². The highest BCUT2D eigenvalue weighted by Crippen LogP contribution is 2.31. The summed E-state index contributed by atoms with van der Waals surface area (Å²) in [4.78, 5) is 24.4. The molecule has 180 valence electrons. The molecule has 0 atom stereocenters. The predicted octanol–water partition coefficient (Wildman–Crippen LogP) is 3.99. The SMILES string of the molecule is O=C(COC(=O)c1ccc(S(=O)(=O)N2CCCc3ccccc32)cc1)NCCC1=CCCCC1. The molecule has 0 unspecified atom stereocenters. The Labute approximate surface area is 200 Å². The molecule has 1 aliphatic heterocycles. The number of carbonyl (C=O) groups excluding carboxylic acids is 2. The lowest BCUT2D eigenvalue weighted by molar-refractivity contribution is -0.124. The number of amides is 1. The van der Waals surface area contributed by atoms with Gasteiger partial charge in [0.25, 0.3) is 15.9 Å². The molecule has 8 heteroatoms. The van der Waals surface area contributed by atoms with Crippen LogP contribution in [0, 0.1) is 0 Å². The quantitative estimate of drug-likeness (QED) is 0.454. The van der Waals surface area contributed by atoms with E-state index in [0.717, 1.165) is 37.7 Å². The Morgan fingerprint density at radius 2 is 1.76 bits per heavy atom. The van der Waals surface area contributed by atoms with Crippen LogP contribution in [-0.2, 0) is 26.0 Å². The van der Waals surface area contributed by atoms with Crippen molar-refractivity contribution >= 4 is 27.6 Å². The van der Waals surface area contributed by atoms with Gasteiger partial charge in [0.15, 0.2) is 6.61 Å². The van der Waals surface area contributed by atoms with E-state index in [0.29, 0.717) is 18.8 Å². The maximum Gasteiger partial charge on any atom is 0.338 e. The molecule has 1 amide bonds. The molecule has 1 N–H and O–H groups in total. The van der Waals surface area contributed by atoms with Gasteiger partial charge in [0.2, 0.25) is 0 Å². The molecule has 0 fully saturated rings. The molecule has 0 aromatic heterocycles. The number of carbonyl (C=O) groups is 2. The van der Waals surface area contributed by atoms with E-state index < -0.39 is 16.0 Å². The standard InChI is InChI=1S/C26H30N2O5S/c29-25(27-17-16-20-7-2-1-3-8-20)19-33-26(30)22-12-14-23(15-13-22)34(31,32)28-18-6-10-21-9-4-5-11-24(21)28/h4-5,7,9,11-15H,1-3,6,8,10,16-19H2,(H,27,29). The first-order valence-corrected chi connectivity index (χ1v) is 13.2. The van der Waals surface area contributed by atoms with Crippen molar-refractivity contribution < 1.29 is 22.7 Å². The first-order chi connectivity index (χ1) is 16.4. The van der Waals surface area contributed by atoms with Gasteiger partial charge in [-0.3, -0.25) is 9.10 Å². The van der Waals surface area contributed by atoms with Crippen molar-refractivity contribution in [2.45, 2.75) is 49.8 Å². The number of nitrogens with zero attached hydrogens (tertiary/aromatic N) is 1. The minimum Gasteiger partial charge on any atom is -0.452 e. The predicted molar refractivity (Wildman–Crippen MR) is 130 cm³/mol. The van der Waals surface area contributed by atoms with Crippen LogP contribution in [0.5, 0.6) is 0 Å². The van der Waals surface area contributed by atoms with Crippen molar-refractivity contribution in [2.75, 3.05) is 24.0 Å². The number of ether oxygens (including phenoxy) is 1. The second-order valence-corrected chi connectivity index (χ2v) is 10.5. The molecule has 4 rings (SSSR count). The molecule has 7 nitrogen and oxygen atoms in total. The fraction of sp³-hybridized carbons (Fsp3) is 0.385. The summed E-state index contributed by atoms with van der Waals surface area (Å²) in [6.07, 6.45) is 9.26. The van der Waals surface area contributed by atoms with Gasteiger partial charge in [-0.15, -0.1) is 0 Å². The van der Waals surface area contributed by atoms with E-state index in [-0.39, 0.29) is 23.0 Å². The van der Waals surface area contributed by atoms with E-state index in [4.69, 9.17) is 4.74 Å². The Hall–Kier alpha value is -3.13. The number of aryl methyl sites for hydroxylation is 1. The average Bonchev–Trinajstić information content (AvgIpc) is 2.87. The lowest BCUT2D eigenvalue weighted by Gasteiger charge is -2.30. The number of fused-ring (bicyclic) bond motifs is 1. The Kier molecular flexibility index (Phi) is 7.67.